The smallest absolute Gasteiger partial charge is 1.00 e. The molecule has 0 aromatic heterocycles. The first-order chi connectivity index (χ1) is 24.3. The molecule has 0 aliphatic heterocycles. The first kappa shape index (κ1) is 53.4. The Morgan fingerprint density at radius 2 is 0.300 bits per heavy atom. The molecule has 0 radical (unpaired) electrons. The van der Waals surface area contributed by atoms with E-state index in [0.29, 0.717) is 0 Å². The standard InChI is InChI=1S/3C16H33.BrH.Sn/c3*1-3-5-7-9-11-13-15-16-14-12-10-8-6-4-2;;/h3*1,3-16H2,2H3;1H;/q;;;;+1/p-1. The van der Waals surface area contributed by atoms with E-state index in [1.165, 1.54) is 231 Å². The Bertz CT molecular complexity index is 474. The fourth-order valence-corrected chi connectivity index (χ4v) is 16.6. The molecule has 2 heteroatoms. The fourth-order valence-electron chi connectivity index (χ4n) is 8.08. The molecule has 50 heavy (non-hydrogen) atoms. The van der Waals surface area contributed by atoms with Crippen molar-refractivity contribution in [2.45, 2.75) is 304 Å². The molecule has 0 aliphatic carbocycles. The molecule has 0 N–H and O–H groups in total. The first-order valence-corrected chi connectivity index (χ1v) is 30.2. The van der Waals surface area contributed by atoms with Gasteiger partial charge in [0.2, 0.25) is 0 Å². The summed E-state index contributed by atoms with van der Waals surface area (Å²) in [5.74, 6) is 0. The van der Waals surface area contributed by atoms with Gasteiger partial charge in [-0.1, -0.05) is 78.6 Å². The summed E-state index contributed by atoms with van der Waals surface area (Å²) in [5, 5.41) is 0. The van der Waals surface area contributed by atoms with Gasteiger partial charge in [-0.05, 0) is 0 Å². The van der Waals surface area contributed by atoms with Gasteiger partial charge in [0.15, 0.2) is 0 Å². The Morgan fingerprint density at radius 1 is 0.180 bits per heavy atom. The van der Waals surface area contributed by atoms with Crippen molar-refractivity contribution < 1.29 is 17.0 Å². The van der Waals surface area contributed by atoms with Crippen LogP contribution in [-0.2, 0) is 0 Å². The van der Waals surface area contributed by atoms with Gasteiger partial charge in [-0.2, -0.15) is 0 Å². The Hall–Kier alpha value is 1.28. The van der Waals surface area contributed by atoms with E-state index in [9.17, 15) is 0 Å². The number of rotatable bonds is 45. The minimum atomic E-state index is -1.14. The Kier molecular flexibility index (Phi) is 53.7. The van der Waals surface area contributed by atoms with Gasteiger partial charge in [0.05, 0.1) is 0 Å². The molecule has 0 aliphatic rings. The predicted molar refractivity (Wildman–Crippen MR) is 231 cm³/mol. The van der Waals surface area contributed by atoms with Gasteiger partial charge >= 0.3 is 245 Å². The molecule has 302 valence electrons. The van der Waals surface area contributed by atoms with Crippen LogP contribution in [0.4, 0.5) is 0 Å². The molecule has 0 rings (SSSR count). The van der Waals surface area contributed by atoms with Crippen LogP contribution in [0.2, 0.25) is 13.3 Å². The Labute approximate surface area is 338 Å². The molecule has 0 bridgehead atoms. The van der Waals surface area contributed by atoms with Crippen molar-refractivity contribution in [3.8, 4) is 0 Å². The number of halogens is 1. The zero-order valence-corrected chi connectivity index (χ0v) is 40.1. The van der Waals surface area contributed by atoms with Crippen LogP contribution in [0.25, 0.3) is 0 Å². The molecule has 0 nitrogen and oxygen atoms in total. The number of hydrogen-bond donors (Lipinski definition) is 0. The summed E-state index contributed by atoms with van der Waals surface area (Å²) in [5.41, 5.74) is 0. The second kappa shape index (κ2) is 50.3. The van der Waals surface area contributed by atoms with Crippen LogP contribution in [0.1, 0.15) is 290 Å². The fraction of sp³-hybridized carbons (Fsp3) is 1.00. The van der Waals surface area contributed by atoms with Gasteiger partial charge in [-0.3, -0.25) is 0 Å². The van der Waals surface area contributed by atoms with Crippen molar-refractivity contribution in [1.82, 2.24) is 0 Å². The van der Waals surface area contributed by atoms with Gasteiger partial charge in [0.1, 0.15) is 0 Å². The minimum absolute atomic E-state index is 0. The monoisotopic (exact) mass is 875 g/mol. The topological polar surface area (TPSA) is 0 Å². The van der Waals surface area contributed by atoms with E-state index >= 15 is 0 Å². The van der Waals surface area contributed by atoms with E-state index in [-0.39, 0.29) is 17.0 Å². The molecule has 0 spiro atoms. The normalized spacial score (nSPS) is 11.3. The second-order valence-corrected chi connectivity index (χ2v) is 25.4. The van der Waals surface area contributed by atoms with Crippen LogP contribution in [0, 0.1) is 0 Å². The summed E-state index contributed by atoms with van der Waals surface area (Å²) in [6.45, 7) is 6.97. The molecule has 0 heterocycles. The summed E-state index contributed by atoms with van der Waals surface area (Å²) in [6.07, 6.45) is 63.0. The van der Waals surface area contributed by atoms with E-state index in [1.807, 2.05) is 0 Å². The third-order valence-electron chi connectivity index (χ3n) is 11.7. The van der Waals surface area contributed by atoms with E-state index in [4.69, 9.17) is 0 Å². The maximum atomic E-state index is 2.32. The van der Waals surface area contributed by atoms with Crippen molar-refractivity contribution in [2.75, 3.05) is 0 Å². The zero-order valence-electron chi connectivity index (χ0n) is 35.7. The van der Waals surface area contributed by atoms with Crippen LogP contribution in [-0.4, -0.2) is 19.8 Å². The third kappa shape index (κ3) is 47.3. The molecule has 0 fully saturated rings. The van der Waals surface area contributed by atoms with Crippen LogP contribution in [0.5, 0.6) is 0 Å². The molecular formula is C48H99BrSn. The molecule has 0 aromatic rings. The van der Waals surface area contributed by atoms with Crippen molar-refractivity contribution in [3.63, 3.8) is 0 Å². The quantitative estimate of drug-likeness (QED) is 0.0422. The maximum absolute atomic E-state index is 2.32. The van der Waals surface area contributed by atoms with Gasteiger partial charge in [-0.15, -0.1) is 0 Å². The average molecular weight is 875 g/mol. The summed E-state index contributed by atoms with van der Waals surface area (Å²) in [4.78, 5) is 0. The van der Waals surface area contributed by atoms with Crippen molar-refractivity contribution in [1.29, 1.82) is 0 Å². The molecule has 0 aromatic carbocycles. The molecule has 0 amide bonds. The van der Waals surface area contributed by atoms with Gasteiger partial charge in [0, 0.05) is 0 Å². The summed E-state index contributed by atoms with van der Waals surface area (Å²) in [6, 6.07) is 0. The predicted octanol–water partition coefficient (Wildman–Crippen LogP) is 15.9. The summed E-state index contributed by atoms with van der Waals surface area (Å²) < 4.78 is 5.20. The molecule has 0 atom stereocenters. The Balaban J connectivity index is 0. The van der Waals surface area contributed by atoms with Crippen molar-refractivity contribution in [3.05, 3.63) is 0 Å². The van der Waals surface area contributed by atoms with E-state index in [0.717, 1.165) is 0 Å². The van der Waals surface area contributed by atoms with E-state index < -0.39 is 19.8 Å². The second-order valence-electron chi connectivity index (χ2n) is 16.8. The van der Waals surface area contributed by atoms with E-state index in [1.54, 1.807) is 51.8 Å². The molecule has 0 saturated heterocycles. The summed E-state index contributed by atoms with van der Waals surface area (Å²) in [7, 11) is 0. The SMILES string of the molecule is CCCCCCCCCCCCCCC[CH2][Sn+]([CH2]CCCCCCCCCCCCCCC)[CH2]CCCCCCCCCCCCCCC.[Br-]. The molecule has 0 saturated carbocycles. The molecule has 0 unspecified atom stereocenters. The Morgan fingerprint density at radius 3 is 0.440 bits per heavy atom. The zero-order chi connectivity index (χ0) is 35.4. The number of unbranched alkanes of at least 4 members (excludes halogenated alkanes) is 39. The van der Waals surface area contributed by atoms with Gasteiger partial charge in [-0.25, -0.2) is 0 Å². The van der Waals surface area contributed by atoms with Crippen LogP contribution in [0.3, 0.4) is 0 Å². The summed E-state index contributed by atoms with van der Waals surface area (Å²) >= 11 is -1.14. The average Bonchev–Trinajstić information content (AvgIpc) is 3.11. The van der Waals surface area contributed by atoms with Gasteiger partial charge < -0.3 is 17.0 Å². The third-order valence-corrected chi connectivity index (χ3v) is 20.7. The van der Waals surface area contributed by atoms with Crippen LogP contribution < -0.4 is 17.0 Å². The van der Waals surface area contributed by atoms with Gasteiger partial charge in [0.25, 0.3) is 0 Å². The van der Waals surface area contributed by atoms with E-state index in [2.05, 4.69) is 20.8 Å². The van der Waals surface area contributed by atoms with Crippen LogP contribution in [0.15, 0.2) is 0 Å². The molecular weight excluding hydrogens is 775 g/mol. The minimum Gasteiger partial charge on any atom is -1.00 e. The van der Waals surface area contributed by atoms with Crippen molar-refractivity contribution in [2.24, 2.45) is 0 Å². The van der Waals surface area contributed by atoms with Crippen LogP contribution >= 0.6 is 0 Å². The van der Waals surface area contributed by atoms with Crippen molar-refractivity contribution >= 4 is 19.8 Å². The first-order valence-electron chi connectivity index (χ1n) is 24.2. The number of hydrogen-bond acceptors (Lipinski definition) is 0.